The third kappa shape index (κ3) is 3.82. The molecule has 3 nitrogen and oxygen atoms in total. The molecule has 1 atom stereocenters. The van der Waals surface area contributed by atoms with Gasteiger partial charge >= 0.3 is 0 Å². The summed E-state index contributed by atoms with van der Waals surface area (Å²) in [5, 5.41) is 3.34. The van der Waals surface area contributed by atoms with E-state index in [0.29, 0.717) is 10.7 Å². The Balaban J connectivity index is 2.20. The summed E-state index contributed by atoms with van der Waals surface area (Å²) in [7, 11) is 0. The predicted octanol–water partition coefficient (Wildman–Crippen LogP) is 4.15. The van der Waals surface area contributed by atoms with E-state index in [-0.39, 0.29) is 11.9 Å². The first-order valence-electron chi connectivity index (χ1n) is 6.89. The van der Waals surface area contributed by atoms with Crippen molar-refractivity contribution >= 4 is 17.5 Å². The molecule has 0 aliphatic heterocycles. The molecule has 1 aromatic heterocycles. The molecule has 0 aliphatic carbocycles. The van der Waals surface area contributed by atoms with E-state index in [9.17, 15) is 4.79 Å². The van der Waals surface area contributed by atoms with Crippen LogP contribution in [0, 0.1) is 20.8 Å². The first-order valence-corrected chi connectivity index (χ1v) is 7.27. The number of aryl methyl sites for hydroxylation is 3. The quantitative estimate of drug-likeness (QED) is 0.865. The summed E-state index contributed by atoms with van der Waals surface area (Å²) in [4.78, 5) is 16.4. The average molecular weight is 303 g/mol. The van der Waals surface area contributed by atoms with Gasteiger partial charge in [-0.1, -0.05) is 35.4 Å². The minimum Gasteiger partial charge on any atom is -0.346 e. The lowest BCUT2D eigenvalue weighted by molar-refractivity contribution is 0.0939. The van der Waals surface area contributed by atoms with Gasteiger partial charge in [-0.2, -0.15) is 0 Å². The van der Waals surface area contributed by atoms with Crippen molar-refractivity contribution < 1.29 is 4.79 Å². The van der Waals surface area contributed by atoms with Crippen molar-refractivity contribution in [3.05, 3.63) is 63.4 Å². The second-order valence-electron chi connectivity index (χ2n) is 5.38. The van der Waals surface area contributed by atoms with Gasteiger partial charge in [-0.15, -0.1) is 0 Å². The van der Waals surface area contributed by atoms with E-state index in [2.05, 4.69) is 28.5 Å². The second-order valence-corrected chi connectivity index (χ2v) is 5.76. The summed E-state index contributed by atoms with van der Waals surface area (Å²) in [5.41, 5.74) is 4.73. The maximum Gasteiger partial charge on any atom is 0.251 e. The summed E-state index contributed by atoms with van der Waals surface area (Å²) in [5.74, 6) is -0.143. The number of aromatic nitrogens is 1. The fourth-order valence-electron chi connectivity index (χ4n) is 2.34. The number of carbonyl (C=O) groups excluding carboxylic acids is 1. The molecule has 0 saturated carbocycles. The Morgan fingerprint density at radius 1 is 1.19 bits per heavy atom. The Bertz CT molecular complexity index is 662. The Morgan fingerprint density at radius 3 is 2.57 bits per heavy atom. The van der Waals surface area contributed by atoms with Crippen LogP contribution in [0.2, 0.25) is 5.15 Å². The number of benzene rings is 1. The zero-order chi connectivity index (χ0) is 15.6. The molecule has 2 aromatic rings. The molecule has 1 N–H and O–H groups in total. The molecule has 1 unspecified atom stereocenters. The molecular weight excluding hydrogens is 284 g/mol. The highest BCUT2D eigenvalue weighted by atomic mass is 35.5. The van der Waals surface area contributed by atoms with Crippen molar-refractivity contribution in [3.63, 3.8) is 0 Å². The fourth-order valence-corrected chi connectivity index (χ4v) is 2.59. The molecule has 0 saturated heterocycles. The molecule has 0 bridgehead atoms. The third-order valence-corrected chi connectivity index (χ3v) is 3.63. The number of hydrogen-bond donors (Lipinski definition) is 1. The lowest BCUT2D eigenvalue weighted by Gasteiger charge is -2.17. The smallest absolute Gasteiger partial charge is 0.251 e. The molecule has 2 rings (SSSR count). The van der Waals surface area contributed by atoms with Gasteiger partial charge in [0.25, 0.3) is 5.91 Å². The number of nitrogens with one attached hydrogen (secondary N) is 1. The Hall–Kier alpha value is -1.87. The number of hydrogen-bond acceptors (Lipinski definition) is 2. The van der Waals surface area contributed by atoms with Gasteiger partial charge in [0, 0.05) is 11.3 Å². The topological polar surface area (TPSA) is 42.0 Å². The maximum absolute atomic E-state index is 12.3. The first kappa shape index (κ1) is 15.5. The zero-order valence-corrected chi connectivity index (χ0v) is 13.5. The van der Waals surface area contributed by atoms with Crippen LogP contribution >= 0.6 is 11.6 Å². The van der Waals surface area contributed by atoms with Gasteiger partial charge in [0.1, 0.15) is 5.15 Å². The van der Waals surface area contributed by atoms with Crippen molar-refractivity contribution in [1.29, 1.82) is 0 Å². The molecular formula is C17H19ClN2O. The van der Waals surface area contributed by atoms with E-state index >= 15 is 0 Å². The molecule has 0 aliphatic rings. The third-order valence-electron chi connectivity index (χ3n) is 3.43. The molecule has 1 amide bonds. The van der Waals surface area contributed by atoms with Crippen molar-refractivity contribution in [2.45, 2.75) is 33.7 Å². The van der Waals surface area contributed by atoms with Crippen molar-refractivity contribution in [1.82, 2.24) is 10.3 Å². The van der Waals surface area contributed by atoms with E-state index in [1.54, 1.807) is 12.1 Å². The van der Waals surface area contributed by atoms with Crippen molar-refractivity contribution in [2.75, 3.05) is 0 Å². The molecule has 0 spiro atoms. The summed E-state index contributed by atoms with van der Waals surface area (Å²) >= 11 is 5.90. The zero-order valence-electron chi connectivity index (χ0n) is 12.7. The van der Waals surface area contributed by atoms with Crippen LogP contribution in [0.15, 0.2) is 30.3 Å². The fraction of sp³-hybridized carbons (Fsp3) is 0.294. The Labute approximate surface area is 130 Å². The van der Waals surface area contributed by atoms with Crippen molar-refractivity contribution in [3.8, 4) is 0 Å². The lowest BCUT2D eigenvalue weighted by atomic mass is 10.00. The summed E-state index contributed by atoms with van der Waals surface area (Å²) in [6, 6.07) is 9.49. The molecule has 4 heteroatoms. The van der Waals surface area contributed by atoms with Crippen LogP contribution < -0.4 is 5.32 Å². The van der Waals surface area contributed by atoms with Gasteiger partial charge in [0.15, 0.2) is 0 Å². The summed E-state index contributed by atoms with van der Waals surface area (Å²) in [6.07, 6.45) is 0. The number of halogens is 1. The first-order chi connectivity index (χ1) is 9.86. The van der Waals surface area contributed by atoms with Crippen molar-refractivity contribution in [2.24, 2.45) is 0 Å². The van der Waals surface area contributed by atoms with E-state index in [1.807, 2.05) is 27.7 Å². The van der Waals surface area contributed by atoms with Crippen LogP contribution in [0.5, 0.6) is 0 Å². The Morgan fingerprint density at radius 2 is 1.90 bits per heavy atom. The van der Waals surface area contributed by atoms with Crippen LogP contribution in [0.25, 0.3) is 0 Å². The van der Waals surface area contributed by atoms with E-state index in [4.69, 9.17) is 11.6 Å². The largest absolute Gasteiger partial charge is 0.346 e. The highest BCUT2D eigenvalue weighted by molar-refractivity contribution is 6.29. The van der Waals surface area contributed by atoms with E-state index in [0.717, 1.165) is 16.8 Å². The standard InChI is InChI=1S/C17H19ClN2O/c1-10-5-6-11(2)15(7-10)13(4)20-17(21)14-8-12(3)19-16(18)9-14/h5-9,13H,1-4H3,(H,20,21). The minimum atomic E-state index is -0.143. The van der Waals surface area contributed by atoms with Crippen LogP contribution in [0.4, 0.5) is 0 Å². The number of pyridine rings is 1. The van der Waals surface area contributed by atoms with Gasteiger partial charge in [-0.05, 0) is 51.0 Å². The number of carbonyl (C=O) groups is 1. The van der Waals surface area contributed by atoms with Crippen LogP contribution in [0.1, 0.15) is 45.7 Å². The molecule has 1 aromatic carbocycles. The normalized spacial score (nSPS) is 12.0. The van der Waals surface area contributed by atoms with Crippen LogP contribution in [0.3, 0.4) is 0 Å². The van der Waals surface area contributed by atoms with Gasteiger partial charge in [0.05, 0.1) is 6.04 Å². The molecule has 0 radical (unpaired) electrons. The molecule has 1 heterocycles. The van der Waals surface area contributed by atoms with Gasteiger partial charge in [0.2, 0.25) is 0 Å². The number of rotatable bonds is 3. The van der Waals surface area contributed by atoms with Crippen LogP contribution in [-0.2, 0) is 0 Å². The predicted molar refractivity (Wildman–Crippen MR) is 85.8 cm³/mol. The highest BCUT2D eigenvalue weighted by Gasteiger charge is 2.14. The van der Waals surface area contributed by atoms with E-state index in [1.165, 1.54) is 5.56 Å². The molecule has 21 heavy (non-hydrogen) atoms. The maximum atomic E-state index is 12.3. The highest BCUT2D eigenvalue weighted by Crippen LogP contribution is 2.20. The molecule has 110 valence electrons. The molecule has 0 fully saturated rings. The number of nitrogens with zero attached hydrogens (tertiary/aromatic N) is 1. The van der Waals surface area contributed by atoms with Gasteiger partial charge in [-0.25, -0.2) is 4.98 Å². The van der Waals surface area contributed by atoms with Crippen LogP contribution in [-0.4, -0.2) is 10.9 Å². The summed E-state index contributed by atoms with van der Waals surface area (Å²) < 4.78 is 0. The number of amides is 1. The monoisotopic (exact) mass is 302 g/mol. The lowest BCUT2D eigenvalue weighted by Crippen LogP contribution is -2.27. The van der Waals surface area contributed by atoms with Gasteiger partial charge in [-0.3, -0.25) is 4.79 Å². The SMILES string of the molecule is Cc1ccc(C)c(C(C)NC(=O)c2cc(C)nc(Cl)c2)c1. The van der Waals surface area contributed by atoms with Gasteiger partial charge < -0.3 is 5.32 Å². The average Bonchev–Trinajstić information content (AvgIpc) is 2.40. The Kier molecular flexibility index (Phi) is 4.63. The minimum absolute atomic E-state index is 0.0651. The van der Waals surface area contributed by atoms with E-state index < -0.39 is 0 Å². The second kappa shape index (κ2) is 6.27. The summed E-state index contributed by atoms with van der Waals surface area (Å²) in [6.45, 7) is 7.89.